The molecule has 0 amide bonds. The van der Waals surface area contributed by atoms with Crippen LogP contribution in [0.4, 0.5) is 5.82 Å². The molecule has 3 aromatic carbocycles. The maximum absolute atomic E-state index is 5.01. The van der Waals surface area contributed by atoms with Gasteiger partial charge in [-0.05, 0) is 23.3 Å². The van der Waals surface area contributed by atoms with Gasteiger partial charge in [-0.2, -0.15) is 0 Å². The highest BCUT2D eigenvalue weighted by atomic mass is 15.3. The Hall–Kier alpha value is -4.35. The van der Waals surface area contributed by atoms with Crippen molar-refractivity contribution in [2.45, 2.75) is 6.04 Å². The quantitative estimate of drug-likeness (QED) is 0.291. The maximum Gasteiger partial charge on any atom is 0.162 e. The van der Waals surface area contributed by atoms with Gasteiger partial charge >= 0.3 is 0 Å². The summed E-state index contributed by atoms with van der Waals surface area (Å²) in [6, 6.07) is 40.1. The van der Waals surface area contributed by atoms with E-state index in [0.717, 1.165) is 54.8 Å². The average molecular weight is 484 g/mol. The Morgan fingerprint density at radius 3 is 1.76 bits per heavy atom. The molecule has 5 nitrogen and oxygen atoms in total. The molecule has 0 spiro atoms. The molecule has 6 rings (SSSR count). The van der Waals surface area contributed by atoms with E-state index >= 15 is 0 Å². The van der Waals surface area contributed by atoms with Crippen LogP contribution in [0.5, 0.6) is 0 Å². The summed E-state index contributed by atoms with van der Waals surface area (Å²) in [5.41, 5.74) is 5.36. The lowest BCUT2D eigenvalue weighted by atomic mass is 9.96. The van der Waals surface area contributed by atoms with Gasteiger partial charge in [0.25, 0.3) is 0 Å². The first-order valence-electron chi connectivity index (χ1n) is 12.8. The fraction of sp³-hybridized carbons (Fsp3) is 0.156. The predicted octanol–water partition coefficient (Wildman–Crippen LogP) is 6.12. The van der Waals surface area contributed by atoms with Crippen molar-refractivity contribution in [3.8, 4) is 22.8 Å². The molecule has 0 aliphatic carbocycles. The molecule has 1 saturated heterocycles. The van der Waals surface area contributed by atoms with Crippen LogP contribution < -0.4 is 4.90 Å². The Morgan fingerprint density at radius 2 is 1.16 bits per heavy atom. The highest BCUT2D eigenvalue weighted by Crippen LogP contribution is 2.31. The fourth-order valence-electron chi connectivity index (χ4n) is 5.05. The van der Waals surface area contributed by atoms with Gasteiger partial charge in [0.2, 0.25) is 0 Å². The van der Waals surface area contributed by atoms with Gasteiger partial charge in [0.1, 0.15) is 5.82 Å². The third-order valence-corrected chi connectivity index (χ3v) is 6.91. The lowest BCUT2D eigenvalue weighted by Crippen LogP contribution is -2.48. The molecule has 0 atom stereocenters. The lowest BCUT2D eigenvalue weighted by Gasteiger charge is -2.40. The summed E-state index contributed by atoms with van der Waals surface area (Å²) < 4.78 is 0. The lowest BCUT2D eigenvalue weighted by molar-refractivity contribution is 0.212. The van der Waals surface area contributed by atoms with Crippen molar-refractivity contribution in [1.82, 2.24) is 19.9 Å². The summed E-state index contributed by atoms with van der Waals surface area (Å²) in [5.74, 6) is 1.68. The maximum atomic E-state index is 5.01. The number of hydrogen-bond acceptors (Lipinski definition) is 5. The van der Waals surface area contributed by atoms with E-state index in [2.05, 4.69) is 93.6 Å². The molecule has 182 valence electrons. The van der Waals surface area contributed by atoms with E-state index in [1.54, 1.807) is 0 Å². The first-order chi connectivity index (χ1) is 18.3. The van der Waals surface area contributed by atoms with Crippen molar-refractivity contribution in [2.24, 2.45) is 0 Å². The number of hydrogen-bond donors (Lipinski definition) is 0. The topological polar surface area (TPSA) is 45.2 Å². The van der Waals surface area contributed by atoms with E-state index in [4.69, 9.17) is 9.97 Å². The summed E-state index contributed by atoms with van der Waals surface area (Å²) in [4.78, 5) is 19.4. The Kier molecular flexibility index (Phi) is 6.69. The van der Waals surface area contributed by atoms with Crippen LogP contribution in [0.15, 0.2) is 121 Å². The standard InChI is InChI=1S/C32H29N5/c1-4-12-25(13-5-1)31(26-14-6-2-7-15-26)37-22-20-36(21-23-37)30-24-29(28-18-10-11-19-33-28)34-32(35-30)27-16-8-3-9-17-27/h1-19,24,31H,20-23H2. The van der Waals surface area contributed by atoms with Crippen LogP contribution in [0, 0.1) is 0 Å². The van der Waals surface area contributed by atoms with Crippen LogP contribution in [-0.4, -0.2) is 46.0 Å². The Morgan fingerprint density at radius 1 is 0.568 bits per heavy atom. The van der Waals surface area contributed by atoms with Gasteiger partial charge in [0, 0.05) is 44.0 Å². The summed E-state index contributed by atoms with van der Waals surface area (Å²) in [6.07, 6.45) is 1.81. The normalized spacial score (nSPS) is 14.1. The van der Waals surface area contributed by atoms with Crippen molar-refractivity contribution in [3.05, 3.63) is 133 Å². The van der Waals surface area contributed by atoms with Crippen LogP contribution in [0.3, 0.4) is 0 Å². The molecule has 37 heavy (non-hydrogen) atoms. The minimum absolute atomic E-state index is 0.235. The molecular formula is C32H29N5. The van der Waals surface area contributed by atoms with Crippen molar-refractivity contribution >= 4 is 5.82 Å². The summed E-state index contributed by atoms with van der Waals surface area (Å²) in [5, 5.41) is 0. The fourth-order valence-corrected chi connectivity index (χ4v) is 5.05. The second-order valence-corrected chi connectivity index (χ2v) is 9.26. The Balaban J connectivity index is 1.29. The molecule has 0 radical (unpaired) electrons. The van der Waals surface area contributed by atoms with Gasteiger partial charge in [0.15, 0.2) is 5.82 Å². The van der Waals surface area contributed by atoms with Crippen molar-refractivity contribution < 1.29 is 0 Å². The van der Waals surface area contributed by atoms with E-state index < -0.39 is 0 Å². The number of piperazine rings is 1. The summed E-state index contributed by atoms with van der Waals surface area (Å²) in [6.45, 7) is 3.67. The van der Waals surface area contributed by atoms with E-state index in [0.29, 0.717) is 0 Å². The summed E-state index contributed by atoms with van der Waals surface area (Å²) >= 11 is 0. The summed E-state index contributed by atoms with van der Waals surface area (Å²) in [7, 11) is 0. The van der Waals surface area contributed by atoms with Crippen LogP contribution in [0.2, 0.25) is 0 Å². The molecule has 1 aliphatic rings. The first kappa shape index (κ1) is 23.1. The molecule has 5 aromatic rings. The number of pyridine rings is 1. The molecule has 3 heterocycles. The number of anilines is 1. The predicted molar refractivity (Wildman–Crippen MR) is 149 cm³/mol. The van der Waals surface area contributed by atoms with Gasteiger partial charge in [-0.3, -0.25) is 9.88 Å². The van der Waals surface area contributed by atoms with Crippen LogP contribution in [0.1, 0.15) is 17.2 Å². The number of rotatable bonds is 6. The van der Waals surface area contributed by atoms with Gasteiger partial charge in [-0.15, -0.1) is 0 Å². The zero-order chi connectivity index (χ0) is 24.9. The third-order valence-electron chi connectivity index (χ3n) is 6.91. The molecule has 0 bridgehead atoms. The molecule has 2 aromatic heterocycles. The Bertz CT molecular complexity index is 1320. The smallest absolute Gasteiger partial charge is 0.162 e. The van der Waals surface area contributed by atoms with Crippen LogP contribution in [-0.2, 0) is 0 Å². The monoisotopic (exact) mass is 483 g/mol. The molecule has 5 heteroatoms. The average Bonchev–Trinajstić information content (AvgIpc) is 2.99. The van der Waals surface area contributed by atoms with Crippen molar-refractivity contribution in [2.75, 3.05) is 31.1 Å². The van der Waals surface area contributed by atoms with Crippen molar-refractivity contribution in [1.29, 1.82) is 0 Å². The van der Waals surface area contributed by atoms with E-state index in [1.807, 2.05) is 42.6 Å². The van der Waals surface area contributed by atoms with Gasteiger partial charge in [-0.1, -0.05) is 97.1 Å². The third kappa shape index (κ3) is 5.13. The van der Waals surface area contributed by atoms with E-state index in [1.165, 1.54) is 11.1 Å². The minimum atomic E-state index is 0.235. The van der Waals surface area contributed by atoms with E-state index in [-0.39, 0.29) is 6.04 Å². The first-order valence-corrected chi connectivity index (χ1v) is 12.8. The Labute approximate surface area is 218 Å². The number of benzene rings is 3. The molecular weight excluding hydrogens is 454 g/mol. The SMILES string of the molecule is c1ccc(-c2nc(-c3ccccn3)cc(N3CCN(C(c4ccccc4)c4ccccc4)CC3)n2)cc1. The number of aromatic nitrogens is 3. The van der Waals surface area contributed by atoms with Crippen LogP contribution >= 0.6 is 0 Å². The zero-order valence-corrected chi connectivity index (χ0v) is 20.7. The second-order valence-electron chi connectivity index (χ2n) is 9.26. The minimum Gasteiger partial charge on any atom is -0.354 e. The molecule has 0 unspecified atom stereocenters. The molecule has 1 aliphatic heterocycles. The van der Waals surface area contributed by atoms with Crippen molar-refractivity contribution in [3.63, 3.8) is 0 Å². The molecule has 0 N–H and O–H groups in total. The van der Waals surface area contributed by atoms with Gasteiger partial charge < -0.3 is 4.90 Å². The zero-order valence-electron chi connectivity index (χ0n) is 20.7. The second kappa shape index (κ2) is 10.7. The van der Waals surface area contributed by atoms with Crippen LogP contribution in [0.25, 0.3) is 22.8 Å². The highest BCUT2D eigenvalue weighted by molar-refractivity contribution is 5.66. The molecule has 1 fully saturated rings. The molecule has 0 saturated carbocycles. The number of nitrogens with zero attached hydrogens (tertiary/aromatic N) is 5. The highest BCUT2D eigenvalue weighted by Gasteiger charge is 2.27. The van der Waals surface area contributed by atoms with E-state index in [9.17, 15) is 0 Å². The van der Waals surface area contributed by atoms with Gasteiger partial charge in [-0.25, -0.2) is 9.97 Å². The van der Waals surface area contributed by atoms with Gasteiger partial charge in [0.05, 0.1) is 17.4 Å². The largest absolute Gasteiger partial charge is 0.354 e.